The Morgan fingerprint density at radius 1 is 1.00 bits per heavy atom. The molecule has 0 bridgehead atoms. The fourth-order valence-electron chi connectivity index (χ4n) is 3.12. The summed E-state index contributed by atoms with van der Waals surface area (Å²) < 4.78 is 16.3. The first-order chi connectivity index (χ1) is 12.7. The Labute approximate surface area is 150 Å². The molecule has 1 aliphatic heterocycles. The van der Waals surface area contributed by atoms with E-state index in [1.54, 1.807) is 20.5 Å². The van der Waals surface area contributed by atoms with Crippen LogP contribution in [0.15, 0.2) is 70.3 Å². The van der Waals surface area contributed by atoms with E-state index in [9.17, 15) is 0 Å². The Hall–Kier alpha value is -3.41. The summed E-state index contributed by atoms with van der Waals surface area (Å²) in [5.74, 6) is 2.06. The van der Waals surface area contributed by atoms with Crippen LogP contribution in [0.1, 0.15) is 11.7 Å². The third kappa shape index (κ3) is 2.56. The minimum atomic E-state index is -0.379. The van der Waals surface area contributed by atoms with Crippen LogP contribution in [0.25, 0.3) is 5.82 Å². The molecule has 0 fully saturated rings. The highest BCUT2D eigenvalue weighted by molar-refractivity contribution is 5.73. The van der Waals surface area contributed by atoms with Gasteiger partial charge in [-0.05, 0) is 35.9 Å². The normalized spacial score (nSPS) is 16.0. The summed E-state index contributed by atoms with van der Waals surface area (Å²) in [5.41, 5.74) is 8.84. The van der Waals surface area contributed by atoms with E-state index in [1.807, 2.05) is 59.5 Å². The van der Waals surface area contributed by atoms with E-state index in [-0.39, 0.29) is 6.17 Å². The highest BCUT2D eigenvalue weighted by Gasteiger charge is 2.29. The molecule has 1 unspecified atom stereocenters. The molecule has 2 heterocycles. The van der Waals surface area contributed by atoms with Gasteiger partial charge in [0.15, 0.2) is 6.17 Å². The van der Waals surface area contributed by atoms with Crippen molar-refractivity contribution in [2.24, 2.45) is 10.7 Å². The first kappa shape index (κ1) is 16.1. The summed E-state index contributed by atoms with van der Waals surface area (Å²) >= 11 is 0. The number of benzene rings is 2. The highest BCUT2D eigenvalue weighted by Crippen LogP contribution is 2.37. The number of rotatable bonds is 4. The SMILES string of the molecule is COc1ccc(C2N=c3occc3=C(N)N2c2ccccc2OC)cc1. The van der Waals surface area contributed by atoms with Gasteiger partial charge in [0, 0.05) is 0 Å². The van der Waals surface area contributed by atoms with E-state index in [0.717, 1.165) is 28.0 Å². The largest absolute Gasteiger partial charge is 0.497 e. The molecule has 132 valence electrons. The molecule has 0 amide bonds. The van der Waals surface area contributed by atoms with Crippen LogP contribution in [0.3, 0.4) is 0 Å². The molecule has 0 spiro atoms. The van der Waals surface area contributed by atoms with E-state index in [1.165, 1.54) is 0 Å². The van der Waals surface area contributed by atoms with Gasteiger partial charge in [0.25, 0.3) is 0 Å². The average Bonchev–Trinajstić information content (AvgIpc) is 3.17. The molecule has 6 nitrogen and oxygen atoms in total. The average molecular weight is 349 g/mol. The second kappa shape index (κ2) is 6.48. The van der Waals surface area contributed by atoms with Gasteiger partial charge >= 0.3 is 0 Å². The Bertz CT molecular complexity index is 1040. The second-order valence-corrected chi connectivity index (χ2v) is 5.84. The molecular formula is C20H19N3O3. The highest BCUT2D eigenvalue weighted by atomic mass is 16.5. The topological polar surface area (TPSA) is 73.2 Å². The molecule has 26 heavy (non-hydrogen) atoms. The second-order valence-electron chi connectivity index (χ2n) is 5.84. The van der Waals surface area contributed by atoms with E-state index in [4.69, 9.17) is 24.6 Å². The number of hydrogen-bond acceptors (Lipinski definition) is 6. The van der Waals surface area contributed by atoms with Gasteiger partial charge < -0.3 is 19.6 Å². The van der Waals surface area contributed by atoms with Gasteiger partial charge in [-0.25, -0.2) is 4.99 Å². The van der Waals surface area contributed by atoms with E-state index in [0.29, 0.717) is 11.4 Å². The molecule has 4 rings (SSSR count). The maximum Gasteiger partial charge on any atom is 0.227 e. The lowest BCUT2D eigenvalue weighted by atomic mass is 10.1. The zero-order valence-electron chi connectivity index (χ0n) is 14.5. The summed E-state index contributed by atoms with van der Waals surface area (Å²) in [7, 11) is 3.28. The van der Waals surface area contributed by atoms with Gasteiger partial charge in [0.1, 0.15) is 17.3 Å². The predicted octanol–water partition coefficient (Wildman–Crippen LogP) is 2.16. The van der Waals surface area contributed by atoms with Crippen molar-refractivity contribution >= 4 is 11.5 Å². The summed E-state index contributed by atoms with van der Waals surface area (Å²) in [6.07, 6.45) is 1.22. The Morgan fingerprint density at radius 2 is 1.77 bits per heavy atom. The first-order valence-electron chi connectivity index (χ1n) is 8.20. The first-order valence-corrected chi connectivity index (χ1v) is 8.20. The molecule has 2 N–H and O–H groups in total. The fraction of sp³-hybridized carbons (Fsp3) is 0.150. The van der Waals surface area contributed by atoms with Gasteiger partial charge in [-0.3, -0.25) is 4.90 Å². The van der Waals surface area contributed by atoms with E-state index >= 15 is 0 Å². The zero-order valence-corrected chi connectivity index (χ0v) is 14.5. The van der Waals surface area contributed by atoms with E-state index < -0.39 is 0 Å². The third-order valence-electron chi connectivity index (χ3n) is 4.42. The van der Waals surface area contributed by atoms with E-state index in [2.05, 4.69) is 0 Å². The van der Waals surface area contributed by atoms with Crippen LogP contribution in [0, 0.1) is 0 Å². The molecule has 1 aliphatic rings. The minimum absolute atomic E-state index is 0.379. The molecule has 2 aromatic carbocycles. The van der Waals surface area contributed by atoms with Crippen molar-refractivity contribution in [1.29, 1.82) is 0 Å². The van der Waals surface area contributed by atoms with Crippen LogP contribution >= 0.6 is 0 Å². The van der Waals surface area contributed by atoms with Crippen molar-refractivity contribution in [2.75, 3.05) is 19.1 Å². The molecule has 3 aromatic rings. The lowest BCUT2D eigenvalue weighted by molar-refractivity contribution is 0.412. The van der Waals surface area contributed by atoms with Crippen LogP contribution in [-0.4, -0.2) is 14.2 Å². The van der Waals surface area contributed by atoms with Crippen molar-refractivity contribution in [3.05, 3.63) is 77.2 Å². The summed E-state index contributed by atoms with van der Waals surface area (Å²) in [6, 6.07) is 17.3. The summed E-state index contributed by atoms with van der Waals surface area (Å²) in [5, 5.41) is 0.765. The maximum atomic E-state index is 6.52. The maximum absolute atomic E-state index is 6.52. The molecule has 0 radical (unpaired) electrons. The Kier molecular flexibility index (Phi) is 4.01. The number of anilines is 1. The molecule has 6 heteroatoms. The number of ether oxygens (including phenoxy) is 2. The third-order valence-corrected chi connectivity index (χ3v) is 4.42. The van der Waals surface area contributed by atoms with Crippen LogP contribution in [0.2, 0.25) is 0 Å². The Balaban J connectivity index is 1.92. The summed E-state index contributed by atoms with van der Waals surface area (Å²) in [6.45, 7) is 0. The minimum Gasteiger partial charge on any atom is -0.497 e. The van der Waals surface area contributed by atoms with Gasteiger partial charge in [-0.2, -0.15) is 0 Å². The van der Waals surface area contributed by atoms with Gasteiger partial charge in [-0.1, -0.05) is 24.3 Å². The van der Waals surface area contributed by atoms with Gasteiger partial charge in [0.2, 0.25) is 5.55 Å². The van der Waals surface area contributed by atoms with Crippen LogP contribution in [-0.2, 0) is 0 Å². The lowest BCUT2D eigenvalue weighted by Gasteiger charge is -2.33. The Morgan fingerprint density at radius 3 is 2.50 bits per heavy atom. The molecule has 0 aliphatic carbocycles. The smallest absolute Gasteiger partial charge is 0.227 e. The molecule has 1 aromatic heterocycles. The number of fused-ring (bicyclic) bond motifs is 1. The number of furan rings is 1. The molecule has 1 atom stereocenters. The van der Waals surface area contributed by atoms with Crippen molar-refractivity contribution < 1.29 is 13.9 Å². The lowest BCUT2D eigenvalue weighted by Crippen LogP contribution is -2.44. The summed E-state index contributed by atoms with van der Waals surface area (Å²) in [4.78, 5) is 6.73. The molecule has 0 saturated carbocycles. The number of nitrogens with zero attached hydrogens (tertiary/aromatic N) is 2. The van der Waals surface area contributed by atoms with Gasteiger partial charge in [-0.15, -0.1) is 0 Å². The number of para-hydroxylation sites is 2. The van der Waals surface area contributed by atoms with Crippen molar-refractivity contribution in [1.82, 2.24) is 0 Å². The predicted molar refractivity (Wildman–Crippen MR) is 98.3 cm³/mol. The number of nitrogens with two attached hydrogens (primary N) is 1. The van der Waals surface area contributed by atoms with Crippen LogP contribution in [0.5, 0.6) is 11.5 Å². The van der Waals surface area contributed by atoms with Crippen molar-refractivity contribution in [3.8, 4) is 11.5 Å². The fourth-order valence-corrected chi connectivity index (χ4v) is 3.12. The molecular weight excluding hydrogens is 330 g/mol. The van der Waals surface area contributed by atoms with Crippen LogP contribution in [0.4, 0.5) is 5.69 Å². The van der Waals surface area contributed by atoms with Gasteiger partial charge in [0.05, 0.1) is 31.4 Å². The van der Waals surface area contributed by atoms with Crippen molar-refractivity contribution in [3.63, 3.8) is 0 Å². The zero-order chi connectivity index (χ0) is 18.1. The molecule has 0 saturated heterocycles. The van der Waals surface area contributed by atoms with Crippen molar-refractivity contribution in [2.45, 2.75) is 6.17 Å². The number of hydrogen-bond donors (Lipinski definition) is 1. The number of methoxy groups -OCH3 is 2. The quantitative estimate of drug-likeness (QED) is 0.781. The van der Waals surface area contributed by atoms with Crippen LogP contribution < -0.4 is 30.9 Å². The standard InChI is InChI=1S/C20H19N3O3/c1-24-14-9-7-13(8-10-14)19-22-20-15(11-12-26-20)18(21)23(19)16-5-3-4-6-17(16)25-2/h3-12,19H,21H2,1-2H3. The monoisotopic (exact) mass is 349 g/mol.